The minimum absolute atomic E-state index is 0.0302. The third-order valence-corrected chi connectivity index (χ3v) is 5.42. The second kappa shape index (κ2) is 8.71. The van der Waals surface area contributed by atoms with Gasteiger partial charge in [0.1, 0.15) is 18.2 Å². The van der Waals surface area contributed by atoms with Crippen molar-refractivity contribution in [3.8, 4) is 0 Å². The van der Waals surface area contributed by atoms with Crippen molar-refractivity contribution in [3.05, 3.63) is 73.1 Å². The number of carbonyl (C=O) groups excluding carboxylic acids is 3. The summed E-state index contributed by atoms with van der Waals surface area (Å²) in [6.07, 6.45) is 1.29. The Morgan fingerprint density at radius 3 is 2.63 bits per heavy atom. The van der Waals surface area contributed by atoms with Crippen molar-refractivity contribution >= 4 is 62.2 Å². The summed E-state index contributed by atoms with van der Waals surface area (Å²) in [6.45, 7) is -0.681. The molecule has 0 atom stereocenters. The number of anilines is 1. The van der Waals surface area contributed by atoms with Gasteiger partial charge in [-0.2, -0.15) is 0 Å². The van der Waals surface area contributed by atoms with Crippen LogP contribution in [0.1, 0.15) is 5.56 Å². The van der Waals surface area contributed by atoms with E-state index in [2.05, 4.69) is 21.2 Å². The Balaban J connectivity index is 1.74. The van der Waals surface area contributed by atoms with Gasteiger partial charge >= 0.3 is 0 Å². The molecule has 1 heterocycles. The third kappa shape index (κ3) is 4.71. The lowest BCUT2D eigenvalue weighted by Crippen LogP contribution is -2.36. The van der Waals surface area contributed by atoms with Crippen LogP contribution >= 0.6 is 27.7 Å². The lowest BCUT2D eigenvalue weighted by atomic mass is 10.2. The number of amides is 3. The van der Waals surface area contributed by atoms with Crippen LogP contribution in [0.2, 0.25) is 0 Å². The summed E-state index contributed by atoms with van der Waals surface area (Å²) >= 11 is 3.61. The average Bonchev–Trinajstić information content (AvgIpc) is 2.92. The van der Waals surface area contributed by atoms with Crippen molar-refractivity contribution < 1.29 is 28.1 Å². The van der Waals surface area contributed by atoms with Crippen LogP contribution in [0.5, 0.6) is 0 Å². The predicted octanol–water partition coefficient (Wildman–Crippen LogP) is 4.31. The van der Waals surface area contributed by atoms with Crippen LogP contribution in [0.15, 0.2) is 45.8 Å². The zero-order valence-electron chi connectivity index (χ0n) is 14.7. The average molecular weight is 498 g/mol. The Kier molecular flexibility index (Phi) is 6.27. The van der Waals surface area contributed by atoms with Crippen LogP contribution in [-0.4, -0.2) is 33.4 Å². The maximum Gasteiger partial charge on any atom is 0.294 e. The van der Waals surface area contributed by atoms with Gasteiger partial charge in [-0.3, -0.25) is 29.4 Å². The molecule has 1 saturated heterocycles. The van der Waals surface area contributed by atoms with Gasteiger partial charge in [-0.15, -0.1) is 0 Å². The molecule has 0 unspecified atom stereocenters. The molecule has 0 saturated carbocycles. The molecule has 0 aromatic heterocycles. The SMILES string of the molecule is O=C(CN1C(=O)SC(=Cc2ccc(Br)c([N+](=O)[O-])c2)C1=O)Nc1ccc(F)cc1F. The smallest absolute Gasteiger partial charge is 0.294 e. The van der Waals surface area contributed by atoms with Crippen molar-refractivity contribution in [1.29, 1.82) is 0 Å². The molecule has 0 aliphatic carbocycles. The van der Waals surface area contributed by atoms with Gasteiger partial charge in [0.2, 0.25) is 5.91 Å². The number of hydrogen-bond donors (Lipinski definition) is 1. The Bertz CT molecular complexity index is 1120. The standard InChI is InChI=1S/C18H10BrF2N3O5S/c19-11-3-1-9(5-14(11)24(28)29)6-15-17(26)23(18(27)30-15)8-16(25)22-13-4-2-10(20)7-12(13)21/h1-7H,8H2,(H,22,25). The third-order valence-electron chi connectivity index (χ3n) is 3.85. The second-order valence-electron chi connectivity index (χ2n) is 5.91. The van der Waals surface area contributed by atoms with Crippen molar-refractivity contribution in [1.82, 2.24) is 4.90 Å². The number of imide groups is 1. The normalized spacial score (nSPS) is 15.0. The molecule has 0 radical (unpaired) electrons. The molecular weight excluding hydrogens is 488 g/mol. The first-order chi connectivity index (χ1) is 14.2. The van der Waals surface area contributed by atoms with Crippen LogP contribution in [-0.2, 0) is 9.59 Å². The van der Waals surface area contributed by atoms with E-state index in [4.69, 9.17) is 0 Å². The van der Waals surface area contributed by atoms with Crippen molar-refractivity contribution in [2.24, 2.45) is 0 Å². The molecule has 2 aromatic rings. The highest BCUT2D eigenvalue weighted by Crippen LogP contribution is 2.33. The van der Waals surface area contributed by atoms with E-state index in [1.807, 2.05) is 0 Å². The van der Waals surface area contributed by atoms with E-state index in [1.165, 1.54) is 24.3 Å². The summed E-state index contributed by atoms with van der Waals surface area (Å²) in [6, 6.07) is 6.70. The Morgan fingerprint density at radius 2 is 1.97 bits per heavy atom. The first kappa shape index (κ1) is 21.6. The van der Waals surface area contributed by atoms with Gasteiger partial charge in [-0.1, -0.05) is 6.07 Å². The Labute approximate surface area is 180 Å². The highest BCUT2D eigenvalue weighted by atomic mass is 79.9. The van der Waals surface area contributed by atoms with Crippen LogP contribution in [0, 0.1) is 21.7 Å². The molecule has 12 heteroatoms. The maximum atomic E-state index is 13.6. The molecule has 1 fully saturated rings. The van der Waals surface area contributed by atoms with Gasteiger partial charge in [0.25, 0.3) is 16.8 Å². The molecule has 2 aromatic carbocycles. The van der Waals surface area contributed by atoms with Gasteiger partial charge in [0, 0.05) is 12.1 Å². The zero-order valence-corrected chi connectivity index (χ0v) is 17.1. The second-order valence-corrected chi connectivity index (χ2v) is 7.76. The number of nitro benzene ring substituents is 1. The molecule has 1 aliphatic rings. The van der Waals surface area contributed by atoms with Gasteiger partial charge in [-0.05, 0) is 57.5 Å². The van der Waals surface area contributed by atoms with Crippen LogP contribution in [0.3, 0.4) is 0 Å². The molecule has 0 bridgehead atoms. The number of halogens is 3. The molecule has 3 rings (SSSR count). The fourth-order valence-electron chi connectivity index (χ4n) is 2.47. The van der Waals surface area contributed by atoms with E-state index in [0.717, 1.165) is 12.1 Å². The summed E-state index contributed by atoms with van der Waals surface area (Å²) in [4.78, 5) is 47.7. The monoisotopic (exact) mass is 497 g/mol. The quantitative estimate of drug-likeness (QED) is 0.374. The number of thioether (sulfide) groups is 1. The molecule has 1 N–H and O–H groups in total. The Morgan fingerprint density at radius 1 is 1.23 bits per heavy atom. The fourth-order valence-corrected chi connectivity index (χ4v) is 3.70. The molecule has 1 aliphatic heterocycles. The lowest BCUT2D eigenvalue weighted by molar-refractivity contribution is -0.385. The highest BCUT2D eigenvalue weighted by molar-refractivity contribution is 9.10. The largest absolute Gasteiger partial charge is 0.322 e. The topological polar surface area (TPSA) is 110 Å². The van der Waals surface area contributed by atoms with Crippen LogP contribution < -0.4 is 5.32 Å². The van der Waals surface area contributed by atoms with Crippen molar-refractivity contribution in [3.63, 3.8) is 0 Å². The molecule has 154 valence electrons. The number of rotatable bonds is 5. The van der Waals surface area contributed by atoms with E-state index < -0.39 is 40.2 Å². The van der Waals surface area contributed by atoms with E-state index >= 15 is 0 Å². The molecule has 3 amide bonds. The first-order valence-corrected chi connectivity index (χ1v) is 9.71. The number of hydrogen-bond acceptors (Lipinski definition) is 6. The van der Waals surface area contributed by atoms with Gasteiger partial charge in [0.05, 0.1) is 20.0 Å². The van der Waals surface area contributed by atoms with Crippen molar-refractivity contribution in [2.45, 2.75) is 0 Å². The van der Waals surface area contributed by atoms with E-state index in [-0.39, 0.29) is 20.8 Å². The number of carbonyl (C=O) groups is 3. The predicted molar refractivity (Wildman–Crippen MR) is 108 cm³/mol. The number of nitro groups is 1. The number of nitrogens with one attached hydrogen (secondary N) is 1. The summed E-state index contributed by atoms with van der Waals surface area (Å²) in [5.74, 6) is -3.46. The van der Waals surface area contributed by atoms with Crippen LogP contribution in [0.4, 0.5) is 25.0 Å². The van der Waals surface area contributed by atoms with E-state index in [1.54, 1.807) is 0 Å². The highest BCUT2D eigenvalue weighted by Gasteiger charge is 2.36. The molecule has 0 spiro atoms. The Hall–Kier alpha value is -3.12. The van der Waals surface area contributed by atoms with Gasteiger partial charge < -0.3 is 5.32 Å². The molecule has 8 nitrogen and oxygen atoms in total. The summed E-state index contributed by atoms with van der Waals surface area (Å²) in [7, 11) is 0. The van der Waals surface area contributed by atoms with Crippen LogP contribution in [0.25, 0.3) is 6.08 Å². The summed E-state index contributed by atoms with van der Waals surface area (Å²) in [5.41, 5.74) is -0.206. The first-order valence-electron chi connectivity index (χ1n) is 8.10. The zero-order chi connectivity index (χ0) is 22.0. The summed E-state index contributed by atoms with van der Waals surface area (Å²) < 4.78 is 26.8. The molecule has 30 heavy (non-hydrogen) atoms. The maximum absolute atomic E-state index is 13.6. The van der Waals surface area contributed by atoms with Gasteiger partial charge in [-0.25, -0.2) is 8.78 Å². The summed E-state index contributed by atoms with van der Waals surface area (Å²) in [5, 5.41) is 12.5. The van der Waals surface area contributed by atoms with E-state index in [9.17, 15) is 33.3 Å². The minimum atomic E-state index is -1.01. The minimum Gasteiger partial charge on any atom is -0.322 e. The van der Waals surface area contributed by atoms with E-state index in [0.29, 0.717) is 28.3 Å². The number of benzene rings is 2. The fraction of sp³-hybridized carbons (Fsp3) is 0.0556. The number of nitrogens with zero attached hydrogens (tertiary/aromatic N) is 2. The molecular formula is C18H10BrF2N3O5S. The van der Waals surface area contributed by atoms with Crippen molar-refractivity contribution in [2.75, 3.05) is 11.9 Å². The van der Waals surface area contributed by atoms with Gasteiger partial charge in [0.15, 0.2) is 0 Å². The lowest BCUT2D eigenvalue weighted by Gasteiger charge is -2.12.